The number of anilines is 1. The lowest BCUT2D eigenvalue weighted by Crippen LogP contribution is -2.48. The normalized spacial score (nSPS) is 17.1. The Hall–Kier alpha value is -1.01. The summed E-state index contributed by atoms with van der Waals surface area (Å²) in [7, 11) is 0. The number of benzene rings is 1. The van der Waals surface area contributed by atoms with Crippen molar-refractivity contribution in [2.45, 2.75) is 6.92 Å². The summed E-state index contributed by atoms with van der Waals surface area (Å²) in [5.74, 6) is -1.66. The summed E-state index contributed by atoms with van der Waals surface area (Å²) in [4.78, 5) is 11.9. The molecule has 1 unspecified atom stereocenters. The van der Waals surface area contributed by atoms with E-state index in [4.69, 9.17) is 0 Å². The third-order valence-corrected chi connectivity index (χ3v) is 3.81. The molecule has 0 saturated carbocycles. The molecule has 1 aromatic rings. The fourth-order valence-electron chi connectivity index (χ4n) is 1.78. The predicted octanol–water partition coefficient (Wildman–Crippen LogP) is 2.52. The van der Waals surface area contributed by atoms with E-state index in [9.17, 15) is 13.6 Å². The molecule has 0 spiro atoms. The van der Waals surface area contributed by atoms with Crippen molar-refractivity contribution in [3.63, 3.8) is 0 Å². The molecule has 1 aliphatic heterocycles. The Bertz CT molecular complexity index is 454. The van der Waals surface area contributed by atoms with Crippen molar-refractivity contribution in [2.24, 2.45) is 11.8 Å². The summed E-state index contributed by atoms with van der Waals surface area (Å²) >= 11 is 3.04. The zero-order valence-corrected chi connectivity index (χ0v) is 11.4. The number of hydrogen-bond donors (Lipinski definition) is 2. The Morgan fingerprint density at radius 1 is 1.50 bits per heavy atom. The van der Waals surface area contributed by atoms with Gasteiger partial charge < -0.3 is 10.6 Å². The molecule has 1 fully saturated rings. The summed E-state index contributed by atoms with van der Waals surface area (Å²) in [5.41, 5.74) is -0.0134. The molecule has 0 aliphatic carbocycles. The Labute approximate surface area is 112 Å². The Kier molecular flexibility index (Phi) is 3.97. The highest BCUT2D eigenvalue weighted by Gasteiger charge is 2.29. The van der Waals surface area contributed by atoms with Crippen LogP contribution in [0.2, 0.25) is 0 Å². The van der Waals surface area contributed by atoms with Gasteiger partial charge in [-0.2, -0.15) is 0 Å². The van der Waals surface area contributed by atoms with Gasteiger partial charge in [0.15, 0.2) is 5.82 Å². The monoisotopic (exact) mass is 318 g/mol. The van der Waals surface area contributed by atoms with Crippen LogP contribution in [0.25, 0.3) is 0 Å². The van der Waals surface area contributed by atoms with Crippen molar-refractivity contribution in [3.05, 3.63) is 28.2 Å². The summed E-state index contributed by atoms with van der Waals surface area (Å²) in [5, 5.41) is 5.58. The first kappa shape index (κ1) is 13.4. The first-order valence-corrected chi connectivity index (χ1v) is 6.44. The molecule has 18 heavy (non-hydrogen) atoms. The molecule has 1 amide bonds. The lowest BCUT2D eigenvalue weighted by atomic mass is 9.88. The fourth-order valence-corrected chi connectivity index (χ4v) is 2.28. The van der Waals surface area contributed by atoms with Crippen molar-refractivity contribution in [2.75, 3.05) is 18.4 Å². The van der Waals surface area contributed by atoms with Crippen LogP contribution in [0.15, 0.2) is 16.6 Å². The largest absolute Gasteiger partial charge is 0.322 e. The molecular formula is C12H13BrF2N2O. The summed E-state index contributed by atoms with van der Waals surface area (Å²) in [6.07, 6.45) is 0. The minimum Gasteiger partial charge on any atom is -0.322 e. The van der Waals surface area contributed by atoms with Crippen molar-refractivity contribution in [1.29, 1.82) is 0 Å². The van der Waals surface area contributed by atoms with Crippen LogP contribution in [-0.4, -0.2) is 19.0 Å². The second-order valence-electron chi connectivity index (χ2n) is 4.44. The predicted molar refractivity (Wildman–Crippen MR) is 68.2 cm³/mol. The molecular weight excluding hydrogens is 306 g/mol. The minimum absolute atomic E-state index is 0.0134. The van der Waals surface area contributed by atoms with E-state index >= 15 is 0 Å². The number of carbonyl (C=O) groups is 1. The van der Waals surface area contributed by atoms with E-state index in [0.717, 1.165) is 25.2 Å². The molecule has 3 nitrogen and oxygen atoms in total. The van der Waals surface area contributed by atoms with Gasteiger partial charge >= 0.3 is 0 Å². The standard InChI is InChI=1S/C12H13BrF2N2O/c1-6(7-4-16-5-7)12(18)17-11-9(13)2-8(14)3-10(11)15/h2-3,6-7,16H,4-5H2,1H3,(H,17,18). The van der Waals surface area contributed by atoms with E-state index < -0.39 is 11.6 Å². The highest BCUT2D eigenvalue weighted by molar-refractivity contribution is 9.10. The Balaban J connectivity index is 2.11. The van der Waals surface area contributed by atoms with Crippen LogP contribution >= 0.6 is 15.9 Å². The van der Waals surface area contributed by atoms with Gasteiger partial charge in [0.25, 0.3) is 0 Å². The van der Waals surface area contributed by atoms with Gasteiger partial charge in [-0.25, -0.2) is 8.78 Å². The molecule has 1 aromatic carbocycles. The first-order valence-electron chi connectivity index (χ1n) is 5.65. The maximum atomic E-state index is 13.5. The van der Waals surface area contributed by atoms with Crippen molar-refractivity contribution < 1.29 is 13.6 Å². The summed E-state index contributed by atoms with van der Waals surface area (Å²) in [6, 6.07) is 1.87. The maximum absolute atomic E-state index is 13.5. The molecule has 0 aromatic heterocycles. The van der Waals surface area contributed by atoms with Gasteiger partial charge in [-0.15, -0.1) is 0 Å². The van der Waals surface area contributed by atoms with E-state index in [1.165, 1.54) is 0 Å². The zero-order chi connectivity index (χ0) is 13.3. The van der Waals surface area contributed by atoms with Crippen LogP contribution < -0.4 is 10.6 Å². The number of halogens is 3. The SMILES string of the molecule is CC(C(=O)Nc1c(F)cc(F)cc1Br)C1CNC1. The number of carbonyl (C=O) groups excluding carboxylic acids is 1. The zero-order valence-electron chi connectivity index (χ0n) is 9.77. The molecule has 0 bridgehead atoms. The lowest BCUT2D eigenvalue weighted by molar-refractivity contribution is -0.121. The highest BCUT2D eigenvalue weighted by Crippen LogP contribution is 2.28. The molecule has 1 aliphatic rings. The van der Waals surface area contributed by atoms with E-state index in [-0.39, 0.29) is 27.9 Å². The van der Waals surface area contributed by atoms with E-state index in [1.807, 2.05) is 0 Å². The average Bonchev–Trinajstić information content (AvgIpc) is 2.20. The topological polar surface area (TPSA) is 41.1 Å². The highest BCUT2D eigenvalue weighted by atomic mass is 79.9. The van der Waals surface area contributed by atoms with Gasteiger partial charge in [0.05, 0.1) is 5.69 Å². The molecule has 2 rings (SSSR count). The molecule has 6 heteroatoms. The van der Waals surface area contributed by atoms with Crippen LogP contribution in [0.1, 0.15) is 6.92 Å². The average molecular weight is 319 g/mol. The van der Waals surface area contributed by atoms with Gasteiger partial charge in [0, 0.05) is 16.5 Å². The first-order chi connectivity index (χ1) is 8.49. The maximum Gasteiger partial charge on any atom is 0.227 e. The third kappa shape index (κ3) is 2.70. The Morgan fingerprint density at radius 3 is 2.67 bits per heavy atom. The molecule has 1 atom stereocenters. The van der Waals surface area contributed by atoms with Crippen LogP contribution in [0, 0.1) is 23.5 Å². The van der Waals surface area contributed by atoms with Gasteiger partial charge in [-0.05, 0) is 41.0 Å². The van der Waals surface area contributed by atoms with Crippen LogP contribution in [0.5, 0.6) is 0 Å². The second kappa shape index (κ2) is 5.32. The van der Waals surface area contributed by atoms with Crippen molar-refractivity contribution >= 4 is 27.5 Å². The van der Waals surface area contributed by atoms with E-state index in [1.54, 1.807) is 6.92 Å². The minimum atomic E-state index is -0.783. The lowest BCUT2D eigenvalue weighted by Gasteiger charge is -2.31. The molecule has 1 heterocycles. The smallest absolute Gasteiger partial charge is 0.227 e. The molecule has 0 radical (unpaired) electrons. The fraction of sp³-hybridized carbons (Fsp3) is 0.417. The second-order valence-corrected chi connectivity index (χ2v) is 5.30. The van der Waals surface area contributed by atoms with E-state index in [0.29, 0.717) is 0 Å². The number of amides is 1. The van der Waals surface area contributed by atoms with Crippen LogP contribution in [0.3, 0.4) is 0 Å². The molecule has 98 valence electrons. The van der Waals surface area contributed by atoms with Crippen LogP contribution in [0.4, 0.5) is 14.5 Å². The van der Waals surface area contributed by atoms with Crippen molar-refractivity contribution in [1.82, 2.24) is 5.32 Å². The number of hydrogen-bond acceptors (Lipinski definition) is 2. The molecule has 2 N–H and O–H groups in total. The van der Waals surface area contributed by atoms with Gasteiger partial charge in [-0.3, -0.25) is 4.79 Å². The third-order valence-electron chi connectivity index (χ3n) is 3.19. The molecule has 1 saturated heterocycles. The summed E-state index contributed by atoms with van der Waals surface area (Å²) < 4.78 is 26.6. The van der Waals surface area contributed by atoms with E-state index in [2.05, 4.69) is 26.6 Å². The number of rotatable bonds is 3. The Morgan fingerprint density at radius 2 is 2.17 bits per heavy atom. The number of nitrogens with one attached hydrogen (secondary N) is 2. The van der Waals surface area contributed by atoms with Gasteiger partial charge in [0.1, 0.15) is 5.82 Å². The quantitative estimate of drug-likeness (QED) is 0.899. The van der Waals surface area contributed by atoms with Gasteiger partial charge in [0.2, 0.25) is 5.91 Å². The van der Waals surface area contributed by atoms with Crippen molar-refractivity contribution in [3.8, 4) is 0 Å². The summed E-state index contributed by atoms with van der Waals surface area (Å²) in [6.45, 7) is 3.39. The van der Waals surface area contributed by atoms with Gasteiger partial charge in [-0.1, -0.05) is 6.92 Å². The van der Waals surface area contributed by atoms with Crippen LogP contribution in [-0.2, 0) is 4.79 Å².